The molecule has 10 nitrogen and oxygen atoms in total. The van der Waals surface area contributed by atoms with Gasteiger partial charge in [-0.1, -0.05) is 0 Å². The highest BCUT2D eigenvalue weighted by Crippen LogP contribution is 2.27. The van der Waals surface area contributed by atoms with E-state index in [-0.39, 0.29) is 22.0 Å². The monoisotopic (exact) mass is 298 g/mol. The molecule has 2 aromatic rings. The molecule has 0 radical (unpaired) electrons. The molecule has 0 amide bonds. The SMILES string of the molecule is NNc1ccc([N+](=O)[O-])cc1S(=O)(=O)Nc1cn[nH]c1. The molecular weight excluding hydrogens is 288 g/mol. The minimum absolute atomic E-state index is 0.0339. The number of aromatic nitrogens is 2. The van der Waals surface area contributed by atoms with Crippen molar-refractivity contribution in [3.05, 3.63) is 40.7 Å². The average molecular weight is 298 g/mol. The number of nitro groups is 1. The molecule has 0 atom stereocenters. The van der Waals surface area contributed by atoms with Gasteiger partial charge in [0, 0.05) is 18.3 Å². The predicted octanol–water partition coefficient (Wildman–Crippen LogP) is 0.404. The van der Waals surface area contributed by atoms with Crippen molar-refractivity contribution in [2.75, 3.05) is 10.1 Å². The lowest BCUT2D eigenvalue weighted by atomic mass is 10.3. The van der Waals surface area contributed by atoms with Crippen LogP contribution in [0.4, 0.5) is 17.1 Å². The summed E-state index contributed by atoms with van der Waals surface area (Å²) in [4.78, 5) is 9.69. The average Bonchev–Trinajstić information content (AvgIpc) is 2.90. The minimum atomic E-state index is -4.04. The highest BCUT2D eigenvalue weighted by Gasteiger charge is 2.22. The molecule has 2 rings (SSSR count). The Hall–Kier alpha value is -2.66. The third kappa shape index (κ3) is 2.67. The Morgan fingerprint density at radius 3 is 2.70 bits per heavy atom. The standard InChI is InChI=1S/C9H10N6O4S/c10-13-8-2-1-7(15(16)17)3-9(8)20(18,19)14-6-4-11-12-5-6/h1-5,13-14H,10H2,(H,11,12). The zero-order valence-corrected chi connectivity index (χ0v) is 10.7. The zero-order chi connectivity index (χ0) is 14.8. The molecule has 1 aromatic carbocycles. The number of rotatable bonds is 5. The van der Waals surface area contributed by atoms with Gasteiger partial charge in [-0.05, 0) is 6.07 Å². The molecule has 20 heavy (non-hydrogen) atoms. The van der Waals surface area contributed by atoms with Crippen LogP contribution in [0.15, 0.2) is 35.5 Å². The van der Waals surface area contributed by atoms with Gasteiger partial charge in [0.05, 0.1) is 22.5 Å². The Balaban J connectivity index is 2.48. The first-order valence-corrected chi connectivity index (χ1v) is 6.69. The predicted molar refractivity (Wildman–Crippen MR) is 70.3 cm³/mol. The van der Waals surface area contributed by atoms with Crippen LogP contribution in [-0.2, 0) is 10.0 Å². The van der Waals surface area contributed by atoms with Crippen LogP contribution in [0.1, 0.15) is 0 Å². The van der Waals surface area contributed by atoms with Crippen LogP contribution in [0, 0.1) is 10.1 Å². The molecule has 0 saturated heterocycles. The van der Waals surface area contributed by atoms with Crippen molar-refractivity contribution in [3.63, 3.8) is 0 Å². The molecule has 0 aliphatic rings. The number of aromatic amines is 1. The Morgan fingerprint density at radius 1 is 1.40 bits per heavy atom. The summed E-state index contributed by atoms with van der Waals surface area (Å²) < 4.78 is 26.6. The molecule has 11 heteroatoms. The van der Waals surface area contributed by atoms with Crippen LogP contribution in [0.5, 0.6) is 0 Å². The van der Waals surface area contributed by atoms with Crippen LogP contribution in [0.3, 0.4) is 0 Å². The quantitative estimate of drug-likeness (QED) is 0.353. The maximum atomic E-state index is 12.2. The topological polar surface area (TPSA) is 156 Å². The first kappa shape index (κ1) is 13.8. The number of hydrogen-bond acceptors (Lipinski definition) is 7. The number of nitrogens with one attached hydrogen (secondary N) is 3. The van der Waals surface area contributed by atoms with Crippen molar-refractivity contribution in [2.24, 2.45) is 5.84 Å². The summed E-state index contributed by atoms with van der Waals surface area (Å²) in [6.07, 6.45) is 2.58. The van der Waals surface area contributed by atoms with Crippen LogP contribution in [-0.4, -0.2) is 23.5 Å². The normalized spacial score (nSPS) is 11.1. The van der Waals surface area contributed by atoms with Gasteiger partial charge in [-0.2, -0.15) is 5.10 Å². The summed E-state index contributed by atoms with van der Waals surface area (Å²) in [6.45, 7) is 0. The molecular formula is C9H10N6O4S. The van der Waals surface area contributed by atoms with E-state index in [1.165, 1.54) is 18.5 Å². The lowest BCUT2D eigenvalue weighted by Gasteiger charge is -2.10. The van der Waals surface area contributed by atoms with Gasteiger partial charge in [0.25, 0.3) is 15.7 Å². The van der Waals surface area contributed by atoms with E-state index in [4.69, 9.17) is 5.84 Å². The highest BCUT2D eigenvalue weighted by atomic mass is 32.2. The van der Waals surface area contributed by atoms with Crippen molar-refractivity contribution in [1.82, 2.24) is 10.2 Å². The summed E-state index contributed by atoms with van der Waals surface area (Å²) in [6, 6.07) is 3.27. The fourth-order valence-electron chi connectivity index (χ4n) is 1.48. The number of H-pyrrole nitrogens is 1. The Bertz CT molecular complexity index is 727. The van der Waals surface area contributed by atoms with E-state index in [9.17, 15) is 18.5 Å². The lowest BCUT2D eigenvalue weighted by molar-refractivity contribution is -0.385. The maximum Gasteiger partial charge on any atom is 0.270 e. The van der Waals surface area contributed by atoms with Gasteiger partial charge in [-0.25, -0.2) is 8.42 Å². The number of nitrogens with zero attached hydrogens (tertiary/aromatic N) is 2. The first-order valence-electron chi connectivity index (χ1n) is 5.20. The molecule has 0 unspecified atom stereocenters. The number of hydrazine groups is 1. The Labute approximate surface area is 113 Å². The van der Waals surface area contributed by atoms with Crippen molar-refractivity contribution in [1.29, 1.82) is 0 Å². The molecule has 0 spiro atoms. The van der Waals surface area contributed by atoms with Gasteiger partial charge in [0.2, 0.25) is 0 Å². The minimum Gasteiger partial charge on any atom is -0.323 e. The van der Waals surface area contributed by atoms with Crippen LogP contribution >= 0.6 is 0 Å². The van der Waals surface area contributed by atoms with E-state index < -0.39 is 14.9 Å². The second-order valence-corrected chi connectivity index (χ2v) is 5.33. The zero-order valence-electron chi connectivity index (χ0n) is 9.90. The molecule has 106 valence electrons. The van der Waals surface area contributed by atoms with Crippen molar-refractivity contribution in [2.45, 2.75) is 4.90 Å². The van der Waals surface area contributed by atoms with Gasteiger partial charge in [-0.3, -0.25) is 25.8 Å². The largest absolute Gasteiger partial charge is 0.323 e. The van der Waals surface area contributed by atoms with Crippen LogP contribution in [0.25, 0.3) is 0 Å². The molecule has 5 N–H and O–H groups in total. The number of nitro benzene ring substituents is 1. The van der Waals surface area contributed by atoms with E-state index in [1.807, 2.05) is 0 Å². The number of benzene rings is 1. The van der Waals surface area contributed by atoms with Gasteiger partial charge in [0.1, 0.15) is 4.90 Å². The second kappa shape index (κ2) is 5.14. The third-order valence-corrected chi connectivity index (χ3v) is 3.79. The summed E-state index contributed by atoms with van der Waals surface area (Å²) in [5.41, 5.74) is 2.05. The van der Waals surface area contributed by atoms with Gasteiger partial charge < -0.3 is 5.43 Å². The summed E-state index contributed by atoms with van der Waals surface area (Å²) >= 11 is 0. The number of sulfonamides is 1. The summed E-state index contributed by atoms with van der Waals surface area (Å²) in [5.74, 6) is 5.22. The number of nitrogens with two attached hydrogens (primary N) is 1. The van der Waals surface area contributed by atoms with E-state index in [0.29, 0.717) is 0 Å². The van der Waals surface area contributed by atoms with Gasteiger partial charge >= 0.3 is 0 Å². The number of non-ortho nitro benzene ring substituents is 1. The van der Waals surface area contributed by atoms with Crippen LogP contribution < -0.4 is 16.0 Å². The molecule has 0 fully saturated rings. The van der Waals surface area contributed by atoms with Crippen molar-refractivity contribution in [3.8, 4) is 0 Å². The van der Waals surface area contributed by atoms with Crippen LogP contribution in [0.2, 0.25) is 0 Å². The molecule has 0 saturated carbocycles. The molecule has 0 aliphatic heterocycles. The van der Waals surface area contributed by atoms with Gasteiger partial charge in [0.15, 0.2) is 0 Å². The number of hydrogen-bond donors (Lipinski definition) is 4. The lowest BCUT2D eigenvalue weighted by Crippen LogP contribution is -2.17. The highest BCUT2D eigenvalue weighted by molar-refractivity contribution is 7.92. The smallest absolute Gasteiger partial charge is 0.270 e. The molecule has 0 aliphatic carbocycles. The summed E-state index contributed by atoms with van der Waals surface area (Å²) in [5, 5.41) is 16.7. The molecule has 0 bridgehead atoms. The Morgan fingerprint density at radius 2 is 2.15 bits per heavy atom. The fourth-order valence-corrected chi connectivity index (χ4v) is 2.71. The number of anilines is 2. The molecule has 1 heterocycles. The maximum absolute atomic E-state index is 12.2. The Kier molecular flexibility index (Phi) is 3.54. The first-order chi connectivity index (χ1) is 9.44. The van der Waals surface area contributed by atoms with Crippen molar-refractivity contribution >= 4 is 27.1 Å². The van der Waals surface area contributed by atoms with E-state index >= 15 is 0 Å². The van der Waals surface area contributed by atoms with E-state index in [0.717, 1.165) is 12.1 Å². The second-order valence-electron chi connectivity index (χ2n) is 3.67. The summed E-state index contributed by atoms with van der Waals surface area (Å²) in [7, 11) is -4.04. The van der Waals surface area contributed by atoms with E-state index in [2.05, 4.69) is 20.3 Å². The fraction of sp³-hybridized carbons (Fsp3) is 0. The molecule has 1 aromatic heterocycles. The van der Waals surface area contributed by atoms with Crippen molar-refractivity contribution < 1.29 is 13.3 Å². The van der Waals surface area contributed by atoms with Gasteiger partial charge in [-0.15, -0.1) is 0 Å². The third-order valence-electron chi connectivity index (χ3n) is 2.37. The van der Waals surface area contributed by atoms with E-state index in [1.54, 1.807) is 0 Å². The number of nitrogen functional groups attached to an aromatic ring is 1.